The van der Waals surface area contributed by atoms with Crippen molar-refractivity contribution in [1.82, 2.24) is 0 Å². The zero-order valence-electron chi connectivity index (χ0n) is 9.88. The van der Waals surface area contributed by atoms with Crippen LogP contribution >= 0.6 is 23.2 Å². The maximum absolute atomic E-state index is 11.9. The number of benzene rings is 2. The summed E-state index contributed by atoms with van der Waals surface area (Å²) in [4.78, 5) is 21.8. The lowest BCUT2D eigenvalue weighted by molar-refractivity contribution is -0.384. The van der Waals surface area contributed by atoms with Crippen molar-refractivity contribution < 1.29 is 14.5 Å². The average Bonchev–Trinajstić information content (AvgIpc) is 2.44. The van der Waals surface area contributed by atoms with E-state index in [-0.39, 0.29) is 27.0 Å². The second-order valence-electron chi connectivity index (χ2n) is 3.75. The number of nitrogens with zero attached hydrogens (tertiary/aromatic N) is 1. The third-order valence-electron chi connectivity index (χ3n) is 2.43. The second-order valence-corrected chi connectivity index (χ2v) is 4.53. The van der Waals surface area contributed by atoms with Gasteiger partial charge in [0.2, 0.25) is 0 Å². The lowest BCUT2D eigenvalue weighted by atomic mass is 10.2. The second kappa shape index (κ2) is 5.90. The Morgan fingerprint density at radius 1 is 1.10 bits per heavy atom. The van der Waals surface area contributed by atoms with Crippen LogP contribution in [0.15, 0.2) is 42.5 Å². The van der Waals surface area contributed by atoms with Crippen LogP contribution in [0.1, 0.15) is 10.4 Å². The highest BCUT2D eigenvalue weighted by atomic mass is 35.5. The predicted molar refractivity (Wildman–Crippen MR) is 74.5 cm³/mol. The fourth-order valence-electron chi connectivity index (χ4n) is 1.44. The van der Waals surface area contributed by atoms with Crippen LogP contribution in [-0.2, 0) is 0 Å². The highest BCUT2D eigenvalue weighted by Gasteiger charge is 2.14. The maximum Gasteiger partial charge on any atom is 0.343 e. The van der Waals surface area contributed by atoms with Gasteiger partial charge >= 0.3 is 5.97 Å². The number of ether oxygens (including phenoxy) is 1. The molecule has 0 aliphatic carbocycles. The fraction of sp³-hybridized carbons (Fsp3) is 0. The molecule has 0 aliphatic heterocycles. The van der Waals surface area contributed by atoms with Crippen LogP contribution in [0, 0.1) is 10.1 Å². The molecule has 2 rings (SSSR count). The lowest BCUT2D eigenvalue weighted by Gasteiger charge is -2.06. The van der Waals surface area contributed by atoms with Crippen molar-refractivity contribution in [3.63, 3.8) is 0 Å². The van der Waals surface area contributed by atoms with E-state index >= 15 is 0 Å². The minimum Gasteiger partial charge on any atom is -0.421 e. The predicted octanol–water partition coefficient (Wildman–Crippen LogP) is 4.12. The van der Waals surface area contributed by atoms with E-state index in [4.69, 9.17) is 27.9 Å². The first-order chi connectivity index (χ1) is 9.49. The van der Waals surface area contributed by atoms with Gasteiger partial charge in [-0.25, -0.2) is 4.79 Å². The number of nitro benzene ring substituents is 1. The van der Waals surface area contributed by atoms with Crippen molar-refractivity contribution in [3.8, 4) is 5.75 Å². The molecule has 0 spiro atoms. The van der Waals surface area contributed by atoms with Crippen LogP contribution in [0.25, 0.3) is 0 Å². The summed E-state index contributed by atoms with van der Waals surface area (Å²) in [5.41, 5.74) is 0.0639. The van der Waals surface area contributed by atoms with E-state index in [1.807, 2.05) is 0 Å². The van der Waals surface area contributed by atoms with Crippen LogP contribution in [0.4, 0.5) is 5.69 Å². The van der Waals surface area contributed by atoms with Crippen molar-refractivity contribution in [2.75, 3.05) is 0 Å². The van der Waals surface area contributed by atoms with Crippen molar-refractivity contribution in [3.05, 3.63) is 68.2 Å². The van der Waals surface area contributed by atoms with Gasteiger partial charge in [-0.3, -0.25) is 10.1 Å². The first-order valence-electron chi connectivity index (χ1n) is 5.39. The normalized spacial score (nSPS) is 10.1. The van der Waals surface area contributed by atoms with E-state index in [9.17, 15) is 14.9 Å². The molecule has 2 aromatic carbocycles. The summed E-state index contributed by atoms with van der Waals surface area (Å²) in [6.45, 7) is 0. The molecule has 7 heteroatoms. The summed E-state index contributed by atoms with van der Waals surface area (Å²) in [6.07, 6.45) is 0. The van der Waals surface area contributed by atoms with Gasteiger partial charge in [-0.05, 0) is 24.3 Å². The van der Waals surface area contributed by atoms with Crippen LogP contribution in [0.2, 0.25) is 10.0 Å². The molecule has 0 N–H and O–H groups in total. The molecule has 0 atom stereocenters. The largest absolute Gasteiger partial charge is 0.421 e. The molecule has 0 radical (unpaired) electrons. The van der Waals surface area contributed by atoms with Gasteiger partial charge in [-0.15, -0.1) is 0 Å². The summed E-state index contributed by atoms with van der Waals surface area (Å²) in [5, 5.41) is 10.9. The first kappa shape index (κ1) is 14.3. The third-order valence-corrected chi connectivity index (χ3v) is 3.23. The topological polar surface area (TPSA) is 69.4 Å². The van der Waals surface area contributed by atoms with E-state index in [1.54, 1.807) is 12.1 Å². The Morgan fingerprint density at radius 3 is 2.35 bits per heavy atom. The number of esters is 1. The Kier molecular flexibility index (Phi) is 4.22. The van der Waals surface area contributed by atoms with Crippen LogP contribution < -0.4 is 4.74 Å². The minimum atomic E-state index is -0.677. The molecular weight excluding hydrogens is 305 g/mol. The van der Waals surface area contributed by atoms with E-state index in [2.05, 4.69) is 0 Å². The molecule has 0 unspecified atom stereocenters. The van der Waals surface area contributed by atoms with Gasteiger partial charge in [0, 0.05) is 12.1 Å². The first-order valence-corrected chi connectivity index (χ1v) is 6.15. The standard InChI is InChI=1S/C13H7Cl2NO4/c14-10-2-1-3-11(12(10)15)20-13(17)8-4-6-9(7-5-8)16(18)19/h1-7H. The number of rotatable bonds is 3. The van der Waals surface area contributed by atoms with Gasteiger partial charge in [-0.1, -0.05) is 29.3 Å². The van der Waals surface area contributed by atoms with Crippen molar-refractivity contribution in [1.29, 1.82) is 0 Å². The SMILES string of the molecule is O=C(Oc1cccc(Cl)c1Cl)c1ccc([N+](=O)[O-])cc1. The van der Waals surface area contributed by atoms with Gasteiger partial charge in [0.15, 0.2) is 5.75 Å². The van der Waals surface area contributed by atoms with Gasteiger partial charge < -0.3 is 4.74 Å². The zero-order chi connectivity index (χ0) is 14.7. The maximum atomic E-state index is 11.9. The monoisotopic (exact) mass is 311 g/mol. The summed E-state index contributed by atoms with van der Waals surface area (Å²) in [6, 6.07) is 9.70. The van der Waals surface area contributed by atoms with Gasteiger partial charge in [0.1, 0.15) is 5.02 Å². The molecule has 20 heavy (non-hydrogen) atoms. The molecule has 0 heterocycles. The van der Waals surface area contributed by atoms with Gasteiger partial charge in [-0.2, -0.15) is 0 Å². The molecule has 5 nitrogen and oxygen atoms in total. The number of carbonyl (C=O) groups is 1. The molecule has 0 fully saturated rings. The van der Waals surface area contributed by atoms with E-state index < -0.39 is 10.9 Å². The molecule has 0 amide bonds. The smallest absolute Gasteiger partial charge is 0.343 e. The summed E-state index contributed by atoms with van der Waals surface area (Å²) in [7, 11) is 0. The van der Waals surface area contributed by atoms with Gasteiger partial charge in [0.25, 0.3) is 5.69 Å². The lowest BCUT2D eigenvalue weighted by Crippen LogP contribution is -2.08. The Labute approximate surface area is 123 Å². The Bertz CT molecular complexity index is 671. The number of nitro groups is 1. The van der Waals surface area contributed by atoms with Gasteiger partial charge in [0.05, 0.1) is 15.5 Å². The summed E-state index contributed by atoms with van der Waals surface area (Å²) >= 11 is 11.7. The highest BCUT2D eigenvalue weighted by molar-refractivity contribution is 6.43. The number of halogens is 2. The van der Waals surface area contributed by atoms with Crippen LogP contribution in [0.5, 0.6) is 5.75 Å². The van der Waals surface area contributed by atoms with Crippen LogP contribution in [0.3, 0.4) is 0 Å². The van der Waals surface area contributed by atoms with E-state index in [0.29, 0.717) is 0 Å². The third kappa shape index (κ3) is 3.07. The number of hydrogen-bond donors (Lipinski definition) is 0. The number of carbonyl (C=O) groups excluding carboxylic acids is 1. The molecule has 102 valence electrons. The Morgan fingerprint density at radius 2 is 1.75 bits per heavy atom. The highest BCUT2D eigenvalue weighted by Crippen LogP contribution is 2.32. The molecule has 0 saturated carbocycles. The van der Waals surface area contributed by atoms with E-state index in [1.165, 1.54) is 30.3 Å². The molecule has 0 bridgehead atoms. The number of hydrogen-bond acceptors (Lipinski definition) is 4. The molecule has 0 aliphatic rings. The Balaban J connectivity index is 2.20. The molecular formula is C13H7Cl2NO4. The fourth-order valence-corrected chi connectivity index (χ4v) is 1.77. The van der Waals surface area contributed by atoms with Crippen LogP contribution in [-0.4, -0.2) is 10.9 Å². The summed E-state index contributed by atoms with van der Waals surface area (Å²) < 4.78 is 5.09. The number of non-ortho nitro benzene ring substituents is 1. The van der Waals surface area contributed by atoms with Crippen molar-refractivity contribution >= 4 is 34.9 Å². The van der Waals surface area contributed by atoms with Crippen molar-refractivity contribution in [2.24, 2.45) is 0 Å². The molecule has 0 aromatic heterocycles. The summed E-state index contributed by atoms with van der Waals surface area (Å²) in [5.74, 6) is -0.549. The quantitative estimate of drug-likeness (QED) is 0.370. The van der Waals surface area contributed by atoms with Crippen molar-refractivity contribution in [2.45, 2.75) is 0 Å². The van der Waals surface area contributed by atoms with E-state index in [0.717, 1.165) is 0 Å². The zero-order valence-corrected chi connectivity index (χ0v) is 11.4. The molecule has 2 aromatic rings. The minimum absolute atomic E-state index is 0.109. The average molecular weight is 312 g/mol. The molecule has 0 saturated heterocycles. The Hall–Kier alpha value is -2.11.